The minimum atomic E-state index is -0.114. The number of thiazole rings is 1. The quantitative estimate of drug-likeness (QED) is 0.919. The molecule has 0 saturated heterocycles. The van der Waals surface area contributed by atoms with Crippen molar-refractivity contribution in [3.8, 4) is 0 Å². The second kappa shape index (κ2) is 5.48. The van der Waals surface area contributed by atoms with Gasteiger partial charge in [-0.15, -0.1) is 11.3 Å². The largest absolute Gasteiger partial charge is 0.324 e. The summed E-state index contributed by atoms with van der Waals surface area (Å²) in [4.78, 5) is 4.41. The molecule has 1 aromatic carbocycles. The maximum atomic E-state index is 6.17. The van der Waals surface area contributed by atoms with Gasteiger partial charge in [0.2, 0.25) is 0 Å². The fourth-order valence-electron chi connectivity index (χ4n) is 1.64. The van der Waals surface area contributed by atoms with E-state index < -0.39 is 0 Å². The zero-order valence-corrected chi connectivity index (χ0v) is 12.4. The smallest absolute Gasteiger partial charge is 0.0897 e. The van der Waals surface area contributed by atoms with Crippen molar-refractivity contribution in [1.29, 1.82) is 0 Å². The molecule has 1 atom stereocenters. The van der Waals surface area contributed by atoms with Crippen LogP contribution in [0.1, 0.15) is 22.3 Å². The van der Waals surface area contributed by atoms with Gasteiger partial charge in [-0.25, -0.2) is 4.98 Å². The summed E-state index contributed by atoms with van der Waals surface area (Å²) in [5.41, 5.74) is 8.14. The van der Waals surface area contributed by atoms with E-state index in [0.29, 0.717) is 11.4 Å². The molecular weight excluding hydrogens is 320 g/mol. The van der Waals surface area contributed by atoms with Gasteiger partial charge < -0.3 is 5.73 Å². The van der Waals surface area contributed by atoms with E-state index >= 15 is 0 Å². The fraction of sp³-hybridized carbons (Fsp3) is 0.250. The Hall–Kier alpha value is -0.420. The molecule has 1 aromatic heterocycles. The van der Waals surface area contributed by atoms with Crippen LogP contribution in [0, 0.1) is 6.92 Å². The number of aryl methyl sites for hydroxylation is 1. The van der Waals surface area contributed by atoms with Gasteiger partial charge in [-0.1, -0.05) is 33.6 Å². The molecule has 0 bridgehead atoms. The van der Waals surface area contributed by atoms with Crippen molar-refractivity contribution in [3.05, 3.63) is 49.3 Å². The topological polar surface area (TPSA) is 38.9 Å². The van der Waals surface area contributed by atoms with Gasteiger partial charge in [0.25, 0.3) is 0 Å². The fourth-order valence-corrected chi connectivity index (χ4v) is 3.08. The van der Waals surface area contributed by atoms with E-state index in [-0.39, 0.29) is 6.04 Å². The Morgan fingerprint density at radius 1 is 1.53 bits per heavy atom. The van der Waals surface area contributed by atoms with Gasteiger partial charge in [0.1, 0.15) is 0 Å². The van der Waals surface area contributed by atoms with Crippen molar-refractivity contribution in [2.45, 2.75) is 19.4 Å². The second-order valence-corrected chi connectivity index (χ2v) is 6.22. The van der Waals surface area contributed by atoms with Gasteiger partial charge in [-0.3, -0.25) is 0 Å². The van der Waals surface area contributed by atoms with Crippen LogP contribution in [0.4, 0.5) is 0 Å². The zero-order valence-electron chi connectivity index (χ0n) is 9.28. The first-order chi connectivity index (χ1) is 8.06. The molecule has 17 heavy (non-hydrogen) atoms. The minimum absolute atomic E-state index is 0.114. The van der Waals surface area contributed by atoms with Crippen LogP contribution in [0.15, 0.2) is 28.1 Å². The molecule has 2 nitrogen and oxygen atoms in total. The second-order valence-electron chi connectivity index (χ2n) is 3.83. The number of aromatic nitrogens is 1. The predicted octanol–water partition coefficient (Wildman–Crippen LogP) is 4.11. The van der Waals surface area contributed by atoms with Crippen LogP contribution < -0.4 is 5.73 Å². The molecular formula is C12H12BrClN2S. The molecule has 2 N–H and O–H groups in total. The molecule has 2 rings (SSSR count). The molecule has 2 aromatic rings. The Bertz CT molecular complexity index is 527. The summed E-state index contributed by atoms with van der Waals surface area (Å²) in [6.07, 6.45) is 0.714. The average molecular weight is 332 g/mol. The Kier molecular flexibility index (Phi) is 4.20. The van der Waals surface area contributed by atoms with E-state index in [0.717, 1.165) is 20.7 Å². The van der Waals surface area contributed by atoms with Crippen LogP contribution in [-0.4, -0.2) is 4.98 Å². The molecule has 0 spiro atoms. The number of hydrogen-bond acceptors (Lipinski definition) is 3. The van der Waals surface area contributed by atoms with Crippen LogP contribution in [0.3, 0.4) is 0 Å². The average Bonchev–Trinajstić information content (AvgIpc) is 2.63. The predicted molar refractivity (Wildman–Crippen MR) is 76.6 cm³/mol. The van der Waals surface area contributed by atoms with Crippen molar-refractivity contribution in [3.63, 3.8) is 0 Å². The third kappa shape index (κ3) is 3.28. The maximum Gasteiger partial charge on any atom is 0.0897 e. The highest BCUT2D eigenvalue weighted by molar-refractivity contribution is 9.10. The first kappa shape index (κ1) is 13.0. The summed E-state index contributed by atoms with van der Waals surface area (Å²) in [7, 11) is 0. The van der Waals surface area contributed by atoms with E-state index in [9.17, 15) is 0 Å². The van der Waals surface area contributed by atoms with Crippen molar-refractivity contribution in [1.82, 2.24) is 4.98 Å². The summed E-state index contributed by atoms with van der Waals surface area (Å²) in [6, 6.07) is 5.66. The summed E-state index contributed by atoms with van der Waals surface area (Å²) >= 11 is 11.2. The standard InChI is InChI=1S/C12H12BrClN2S/c1-7-16-9(6-17-7)5-12(15)10-3-2-8(13)4-11(10)14/h2-4,6,12H,5,15H2,1H3. The number of nitrogens with two attached hydrogens (primary N) is 1. The summed E-state index contributed by atoms with van der Waals surface area (Å²) < 4.78 is 0.961. The molecule has 5 heteroatoms. The Balaban J connectivity index is 2.17. The molecule has 1 unspecified atom stereocenters. The first-order valence-corrected chi connectivity index (χ1v) is 7.23. The number of rotatable bonds is 3. The first-order valence-electron chi connectivity index (χ1n) is 5.18. The highest BCUT2D eigenvalue weighted by Gasteiger charge is 2.12. The molecule has 90 valence electrons. The molecule has 0 radical (unpaired) electrons. The molecule has 0 aliphatic rings. The highest BCUT2D eigenvalue weighted by Crippen LogP contribution is 2.27. The van der Waals surface area contributed by atoms with Crippen LogP contribution in [0.25, 0.3) is 0 Å². The third-order valence-corrected chi connectivity index (χ3v) is 4.10. The van der Waals surface area contributed by atoms with Gasteiger partial charge in [0.15, 0.2) is 0 Å². The lowest BCUT2D eigenvalue weighted by Gasteiger charge is -2.12. The lowest BCUT2D eigenvalue weighted by Crippen LogP contribution is -2.14. The molecule has 0 amide bonds. The zero-order chi connectivity index (χ0) is 12.4. The summed E-state index contributed by atoms with van der Waals surface area (Å²) in [6.45, 7) is 1.99. The van der Waals surface area contributed by atoms with Gasteiger partial charge >= 0.3 is 0 Å². The van der Waals surface area contributed by atoms with E-state index in [1.165, 1.54) is 0 Å². The monoisotopic (exact) mass is 330 g/mol. The van der Waals surface area contributed by atoms with E-state index in [1.54, 1.807) is 11.3 Å². The van der Waals surface area contributed by atoms with Crippen LogP contribution >= 0.6 is 38.9 Å². The number of nitrogens with zero attached hydrogens (tertiary/aromatic N) is 1. The Morgan fingerprint density at radius 2 is 2.29 bits per heavy atom. The van der Waals surface area contributed by atoms with Crippen LogP contribution in [0.5, 0.6) is 0 Å². The number of halogens is 2. The lowest BCUT2D eigenvalue weighted by atomic mass is 10.0. The van der Waals surface area contributed by atoms with E-state index in [2.05, 4.69) is 20.9 Å². The Labute approximate surface area is 118 Å². The Morgan fingerprint density at radius 3 is 2.88 bits per heavy atom. The maximum absolute atomic E-state index is 6.17. The molecule has 1 heterocycles. The minimum Gasteiger partial charge on any atom is -0.324 e. The normalized spacial score (nSPS) is 12.7. The van der Waals surface area contributed by atoms with Crippen molar-refractivity contribution < 1.29 is 0 Å². The van der Waals surface area contributed by atoms with Crippen molar-refractivity contribution in [2.24, 2.45) is 5.73 Å². The van der Waals surface area contributed by atoms with E-state index in [4.69, 9.17) is 17.3 Å². The SMILES string of the molecule is Cc1nc(CC(N)c2ccc(Br)cc2Cl)cs1. The number of hydrogen-bond donors (Lipinski definition) is 1. The van der Waals surface area contributed by atoms with Gasteiger partial charge in [-0.2, -0.15) is 0 Å². The lowest BCUT2D eigenvalue weighted by molar-refractivity contribution is 0.709. The van der Waals surface area contributed by atoms with E-state index in [1.807, 2.05) is 30.5 Å². The number of benzene rings is 1. The summed E-state index contributed by atoms with van der Waals surface area (Å²) in [5, 5.41) is 3.80. The highest BCUT2D eigenvalue weighted by atomic mass is 79.9. The molecule has 0 aliphatic carbocycles. The molecule has 0 saturated carbocycles. The molecule has 0 fully saturated rings. The molecule has 0 aliphatic heterocycles. The van der Waals surface area contributed by atoms with Gasteiger partial charge in [0.05, 0.1) is 10.7 Å². The van der Waals surface area contributed by atoms with Crippen LogP contribution in [0.2, 0.25) is 5.02 Å². The van der Waals surface area contributed by atoms with Gasteiger partial charge in [-0.05, 0) is 24.6 Å². The van der Waals surface area contributed by atoms with Crippen LogP contribution in [-0.2, 0) is 6.42 Å². The van der Waals surface area contributed by atoms with Crippen molar-refractivity contribution >= 4 is 38.9 Å². The third-order valence-electron chi connectivity index (χ3n) is 2.46. The van der Waals surface area contributed by atoms with Crippen molar-refractivity contribution in [2.75, 3.05) is 0 Å². The summed E-state index contributed by atoms with van der Waals surface area (Å²) in [5.74, 6) is 0. The van der Waals surface area contributed by atoms with Gasteiger partial charge in [0, 0.05) is 27.3 Å².